The molecule has 56 heavy (non-hydrogen) atoms. The maximum absolute atomic E-state index is 12.8. The Hall–Kier alpha value is -3.67. The van der Waals surface area contributed by atoms with Gasteiger partial charge in [-0.3, -0.25) is 14.4 Å². The zero-order chi connectivity index (χ0) is 40.8. The first-order chi connectivity index (χ1) is 27.5. The molecule has 6 heteroatoms. The molecule has 0 aliphatic heterocycles. The van der Waals surface area contributed by atoms with Crippen molar-refractivity contribution in [3.05, 3.63) is 97.2 Å². The van der Waals surface area contributed by atoms with Crippen LogP contribution in [0.5, 0.6) is 0 Å². The number of aliphatic carboxylic acids is 1. The molecule has 0 aliphatic carbocycles. The van der Waals surface area contributed by atoms with E-state index in [1.807, 2.05) is 0 Å². The van der Waals surface area contributed by atoms with E-state index in [-0.39, 0.29) is 24.5 Å². The quantitative estimate of drug-likeness (QED) is 0.0368. The normalized spacial score (nSPS) is 13.0. The van der Waals surface area contributed by atoms with Gasteiger partial charge in [0, 0.05) is 12.8 Å². The van der Waals surface area contributed by atoms with Crippen molar-refractivity contribution in [3.63, 3.8) is 0 Å². The molecule has 0 heterocycles. The topological polar surface area (TPSA) is 92.7 Å². The fourth-order valence-electron chi connectivity index (χ4n) is 5.96. The number of hydrogen-bond donors (Lipinski definition) is 2. The van der Waals surface area contributed by atoms with E-state index in [4.69, 9.17) is 9.84 Å². The van der Waals surface area contributed by atoms with Gasteiger partial charge in [-0.25, -0.2) is 0 Å². The van der Waals surface area contributed by atoms with Crippen molar-refractivity contribution in [3.8, 4) is 0 Å². The Kier molecular flexibility index (Phi) is 41.2. The zero-order valence-electron chi connectivity index (χ0n) is 35.7. The van der Waals surface area contributed by atoms with Crippen molar-refractivity contribution in [1.29, 1.82) is 0 Å². The molecule has 2 N–H and O–H groups in total. The van der Waals surface area contributed by atoms with E-state index in [1.54, 1.807) is 0 Å². The van der Waals surface area contributed by atoms with Gasteiger partial charge >= 0.3 is 11.9 Å². The number of hydrogen-bond acceptors (Lipinski definition) is 4. The van der Waals surface area contributed by atoms with Gasteiger partial charge in [-0.2, -0.15) is 0 Å². The number of carbonyl (C=O) groups excluding carboxylic acids is 2. The second-order valence-corrected chi connectivity index (χ2v) is 14.6. The molecule has 1 amide bonds. The van der Waals surface area contributed by atoms with Crippen LogP contribution in [-0.2, 0) is 19.1 Å². The molecule has 1 unspecified atom stereocenters. The SMILES string of the molecule is CC/C=C\C/C=C\C/C=C\C/C=C\C/C=C\C/C=C\CCCCC(=O)OC(CCC/C=C\C/C=C\CCCCCCC)CCCCCCCC(=O)NCC(=O)O. The third-order valence-electron chi connectivity index (χ3n) is 9.24. The van der Waals surface area contributed by atoms with E-state index in [0.29, 0.717) is 12.8 Å². The van der Waals surface area contributed by atoms with E-state index in [9.17, 15) is 14.4 Å². The highest BCUT2D eigenvalue weighted by molar-refractivity contribution is 5.80. The van der Waals surface area contributed by atoms with E-state index < -0.39 is 5.97 Å². The Morgan fingerprint density at radius 1 is 0.482 bits per heavy atom. The van der Waals surface area contributed by atoms with Crippen molar-refractivity contribution in [2.45, 2.75) is 193 Å². The summed E-state index contributed by atoms with van der Waals surface area (Å²) in [4.78, 5) is 35.1. The first-order valence-corrected chi connectivity index (χ1v) is 22.4. The summed E-state index contributed by atoms with van der Waals surface area (Å²) in [5.41, 5.74) is 0. The number of allylic oxidation sites excluding steroid dienone is 16. The largest absolute Gasteiger partial charge is 0.480 e. The van der Waals surface area contributed by atoms with E-state index in [1.165, 1.54) is 38.5 Å². The number of esters is 1. The predicted molar refractivity (Wildman–Crippen MR) is 240 cm³/mol. The van der Waals surface area contributed by atoms with Crippen LogP contribution in [0, 0.1) is 0 Å². The fraction of sp³-hybridized carbons (Fsp3) is 0.620. The van der Waals surface area contributed by atoms with Crippen LogP contribution in [0.3, 0.4) is 0 Å². The number of carboxylic acid groups (broad SMARTS) is 1. The van der Waals surface area contributed by atoms with Crippen LogP contribution in [0.4, 0.5) is 0 Å². The van der Waals surface area contributed by atoms with Crippen molar-refractivity contribution in [2.75, 3.05) is 6.54 Å². The minimum Gasteiger partial charge on any atom is -0.480 e. The lowest BCUT2D eigenvalue weighted by Gasteiger charge is -2.18. The molecule has 0 saturated heterocycles. The molecule has 0 aromatic carbocycles. The van der Waals surface area contributed by atoms with Gasteiger partial charge in [0.25, 0.3) is 0 Å². The van der Waals surface area contributed by atoms with Crippen LogP contribution in [0.15, 0.2) is 97.2 Å². The lowest BCUT2D eigenvalue weighted by molar-refractivity contribution is -0.150. The monoisotopic (exact) mass is 776 g/mol. The van der Waals surface area contributed by atoms with Crippen molar-refractivity contribution < 1.29 is 24.2 Å². The Morgan fingerprint density at radius 3 is 1.43 bits per heavy atom. The summed E-state index contributed by atoms with van der Waals surface area (Å²) in [6, 6.07) is 0. The van der Waals surface area contributed by atoms with Gasteiger partial charge in [0.05, 0.1) is 0 Å². The molecule has 316 valence electrons. The predicted octanol–water partition coefficient (Wildman–Crippen LogP) is 14.1. The highest BCUT2D eigenvalue weighted by atomic mass is 16.5. The molecule has 0 spiro atoms. The van der Waals surface area contributed by atoms with Crippen molar-refractivity contribution in [1.82, 2.24) is 5.32 Å². The van der Waals surface area contributed by atoms with Gasteiger partial charge < -0.3 is 15.2 Å². The maximum atomic E-state index is 12.8. The third-order valence-corrected chi connectivity index (χ3v) is 9.24. The summed E-state index contributed by atoms with van der Waals surface area (Å²) >= 11 is 0. The third kappa shape index (κ3) is 43.1. The lowest BCUT2D eigenvalue weighted by atomic mass is 10.0. The average molecular weight is 776 g/mol. The molecule has 0 aromatic heterocycles. The number of carbonyl (C=O) groups is 3. The van der Waals surface area contributed by atoms with E-state index in [0.717, 1.165) is 122 Å². The molecule has 1 atom stereocenters. The van der Waals surface area contributed by atoms with Gasteiger partial charge in [-0.1, -0.05) is 156 Å². The average Bonchev–Trinajstić information content (AvgIpc) is 3.18. The van der Waals surface area contributed by atoms with Gasteiger partial charge in [0.2, 0.25) is 5.91 Å². The molecule has 0 bridgehead atoms. The standard InChI is InChI=1S/C50H81NO5/c1-3-5-7-9-11-13-15-17-18-19-20-21-22-23-24-26-28-30-32-37-41-45-50(55)56-47(43-39-35-33-36-40-44-48(52)51-46-49(53)54)42-38-34-31-29-27-25-16-14-12-10-8-6-4-2/h5,7,11,13,16-18,20-21,23-25,28-31,47H,3-4,6,8-10,12,14-15,19,22,26-27,32-46H2,1-2H3,(H,51,52)(H,53,54)/b7-5-,13-11-,18-17-,21-20-,24-23-,25-16-,30-28-,31-29-. The summed E-state index contributed by atoms with van der Waals surface area (Å²) in [5.74, 6) is -1.32. The maximum Gasteiger partial charge on any atom is 0.322 e. The molecule has 0 aliphatic rings. The highest BCUT2D eigenvalue weighted by Crippen LogP contribution is 2.17. The first-order valence-electron chi connectivity index (χ1n) is 22.4. The molecule has 6 nitrogen and oxygen atoms in total. The number of rotatable bonds is 39. The minimum absolute atomic E-state index is 0.0475. The lowest BCUT2D eigenvalue weighted by Crippen LogP contribution is -2.28. The van der Waals surface area contributed by atoms with Crippen molar-refractivity contribution in [2.24, 2.45) is 0 Å². The van der Waals surface area contributed by atoms with Gasteiger partial charge in [-0.05, 0) is 116 Å². The van der Waals surface area contributed by atoms with Crippen LogP contribution >= 0.6 is 0 Å². The Balaban J connectivity index is 4.33. The summed E-state index contributed by atoms with van der Waals surface area (Å²) in [6.45, 7) is 4.08. The van der Waals surface area contributed by atoms with E-state index in [2.05, 4.69) is 116 Å². The Bertz CT molecular complexity index is 1170. The van der Waals surface area contributed by atoms with Crippen LogP contribution in [0.25, 0.3) is 0 Å². The minimum atomic E-state index is -1.03. The van der Waals surface area contributed by atoms with E-state index >= 15 is 0 Å². The molecule has 0 aromatic rings. The molecule has 0 fully saturated rings. The Labute approximate surface area is 343 Å². The Morgan fingerprint density at radius 2 is 0.893 bits per heavy atom. The molecule has 0 radical (unpaired) electrons. The molecule has 0 rings (SSSR count). The smallest absolute Gasteiger partial charge is 0.322 e. The molecular weight excluding hydrogens is 695 g/mol. The fourth-order valence-corrected chi connectivity index (χ4v) is 5.96. The van der Waals surface area contributed by atoms with Crippen molar-refractivity contribution >= 4 is 17.8 Å². The van der Waals surface area contributed by atoms with Crippen LogP contribution in [0.1, 0.15) is 187 Å². The highest BCUT2D eigenvalue weighted by Gasteiger charge is 2.14. The molecule has 0 saturated carbocycles. The van der Waals surface area contributed by atoms with Crippen LogP contribution in [-0.4, -0.2) is 35.6 Å². The summed E-state index contributed by atoms with van der Waals surface area (Å²) in [6.07, 6.45) is 62.4. The van der Waals surface area contributed by atoms with Gasteiger partial charge in [0.15, 0.2) is 0 Å². The molecular formula is C50H81NO5. The number of carboxylic acids is 1. The number of amides is 1. The summed E-state index contributed by atoms with van der Waals surface area (Å²) in [5, 5.41) is 11.1. The summed E-state index contributed by atoms with van der Waals surface area (Å²) in [7, 11) is 0. The van der Waals surface area contributed by atoms with Crippen LogP contribution in [0.2, 0.25) is 0 Å². The second kappa shape index (κ2) is 44.0. The second-order valence-electron chi connectivity index (χ2n) is 14.6. The number of ether oxygens (including phenoxy) is 1. The zero-order valence-corrected chi connectivity index (χ0v) is 35.7. The summed E-state index contributed by atoms with van der Waals surface area (Å²) < 4.78 is 5.99. The number of unbranched alkanes of at least 4 members (excludes halogenated alkanes) is 12. The van der Waals surface area contributed by atoms with Gasteiger partial charge in [0.1, 0.15) is 12.6 Å². The number of nitrogens with one attached hydrogen (secondary N) is 1. The van der Waals surface area contributed by atoms with Gasteiger partial charge in [-0.15, -0.1) is 0 Å². The first kappa shape index (κ1) is 52.3. The van der Waals surface area contributed by atoms with Crippen LogP contribution < -0.4 is 5.32 Å².